The first-order valence-electron chi connectivity index (χ1n) is 12.4. The van der Waals surface area contributed by atoms with Crippen molar-refractivity contribution in [3.05, 3.63) is 78.4 Å². The molecule has 3 aromatic rings. The monoisotopic (exact) mass is 488 g/mol. The van der Waals surface area contributed by atoms with Crippen LogP contribution in [0.25, 0.3) is 0 Å². The summed E-state index contributed by atoms with van der Waals surface area (Å²) in [5.41, 5.74) is 1.36. The Morgan fingerprint density at radius 3 is 2.31 bits per heavy atom. The van der Waals surface area contributed by atoms with Gasteiger partial charge in [-0.25, -0.2) is 4.98 Å². The minimum Gasteiger partial charge on any atom is -0.497 e. The number of hydrogen-bond donors (Lipinski definition) is 1. The van der Waals surface area contributed by atoms with E-state index in [2.05, 4.69) is 15.3 Å². The number of aromatic nitrogens is 2. The molecule has 8 heteroatoms. The molecular formula is C28H32N4O4. The molecule has 0 spiro atoms. The Labute approximate surface area is 211 Å². The van der Waals surface area contributed by atoms with E-state index in [0.29, 0.717) is 29.4 Å². The number of ether oxygens (including phenoxy) is 2. The van der Waals surface area contributed by atoms with Gasteiger partial charge in [0.1, 0.15) is 23.2 Å². The lowest BCUT2D eigenvalue weighted by atomic mass is 9.94. The van der Waals surface area contributed by atoms with Gasteiger partial charge in [0.25, 0.3) is 5.91 Å². The Morgan fingerprint density at radius 1 is 1.00 bits per heavy atom. The summed E-state index contributed by atoms with van der Waals surface area (Å²) < 4.78 is 10.9. The molecule has 188 valence electrons. The van der Waals surface area contributed by atoms with Crippen molar-refractivity contribution in [2.45, 2.75) is 51.1 Å². The number of nitrogens with zero attached hydrogens (tertiary/aromatic N) is 3. The van der Waals surface area contributed by atoms with Crippen molar-refractivity contribution in [3.63, 3.8) is 0 Å². The Morgan fingerprint density at radius 2 is 1.69 bits per heavy atom. The van der Waals surface area contributed by atoms with Gasteiger partial charge in [0.2, 0.25) is 5.91 Å². The third-order valence-electron chi connectivity index (χ3n) is 6.32. The molecular weight excluding hydrogens is 456 g/mol. The molecule has 1 N–H and O–H groups in total. The molecule has 1 aliphatic carbocycles. The van der Waals surface area contributed by atoms with Crippen molar-refractivity contribution in [3.8, 4) is 11.5 Å². The zero-order chi connectivity index (χ0) is 25.3. The van der Waals surface area contributed by atoms with Gasteiger partial charge in [0, 0.05) is 24.1 Å². The smallest absolute Gasteiger partial charge is 0.279 e. The average molecular weight is 489 g/mol. The number of nitrogens with one attached hydrogen (secondary N) is 1. The maximum Gasteiger partial charge on any atom is 0.279 e. The van der Waals surface area contributed by atoms with Crippen molar-refractivity contribution in [1.82, 2.24) is 15.3 Å². The van der Waals surface area contributed by atoms with E-state index in [4.69, 9.17) is 9.47 Å². The fraction of sp³-hybridized carbons (Fsp3) is 0.357. The molecule has 1 atom stereocenters. The van der Waals surface area contributed by atoms with Gasteiger partial charge in [0.15, 0.2) is 0 Å². The van der Waals surface area contributed by atoms with E-state index >= 15 is 0 Å². The normalized spacial score (nSPS) is 14.5. The second-order valence-electron chi connectivity index (χ2n) is 8.71. The van der Waals surface area contributed by atoms with Crippen LogP contribution in [0.3, 0.4) is 0 Å². The molecule has 2 aromatic carbocycles. The Balaban J connectivity index is 1.78. The summed E-state index contributed by atoms with van der Waals surface area (Å²) in [5, 5.41) is 3.21. The van der Waals surface area contributed by atoms with E-state index in [0.717, 1.165) is 25.7 Å². The number of anilines is 1. The average Bonchev–Trinajstić information content (AvgIpc) is 2.93. The molecule has 0 bridgehead atoms. The molecule has 1 fully saturated rings. The second-order valence-corrected chi connectivity index (χ2v) is 8.71. The molecule has 1 aliphatic rings. The van der Waals surface area contributed by atoms with Crippen molar-refractivity contribution in [1.29, 1.82) is 0 Å². The van der Waals surface area contributed by atoms with Crippen LogP contribution in [0.4, 0.5) is 5.69 Å². The largest absolute Gasteiger partial charge is 0.497 e. The van der Waals surface area contributed by atoms with Crippen LogP contribution in [0.2, 0.25) is 0 Å². The van der Waals surface area contributed by atoms with Gasteiger partial charge in [-0.1, -0.05) is 31.4 Å². The molecule has 4 rings (SSSR count). The molecule has 36 heavy (non-hydrogen) atoms. The summed E-state index contributed by atoms with van der Waals surface area (Å²) in [6.45, 7) is 2.45. The number of rotatable bonds is 9. The van der Waals surface area contributed by atoms with E-state index in [1.165, 1.54) is 29.9 Å². The summed E-state index contributed by atoms with van der Waals surface area (Å²) in [6.07, 6.45) is 9.59. The van der Waals surface area contributed by atoms with Crippen molar-refractivity contribution >= 4 is 17.5 Å². The molecule has 1 heterocycles. The molecule has 0 radical (unpaired) electrons. The first kappa shape index (κ1) is 25.2. The third-order valence-corrected chi connectivity index (χ3v) is 6.32. The SMILES string of the molecule is CCOc1ccc([C@H](C(=O)NC2CCCCC2)N(C(=O)c2cnccn2)c2ccc(OC)cc2)cc1. The van der Waals surface area contributed by atoms with E-state index in [1.807, 2.05) is 31.2 Å². The van der Waals surface area contributed by atoms with Crippen LogP contribution in [0.15, 0.2) is 67.1 Å². The minimum atomic E-state index is -0.925. The van der Waals surface area contributed by atoms with Gasteiger partial charge in [0.05, 0.1) is 19.9 Å². The van der Waals surface area contributed by atoms with Crippen molar-refractivity contribution in [2.24, 2.45) is 0 Å². The number of amides is 2. The highest BCUT2D eigenvalue weighted by Gasteiger charge is 2.35. The lowest BCUT2D eigenvalue weighted by Crippen LogP contribution is -2.47. The van der Waals surface area contributed by atoms with Crippen LogP contribution < -0.4 is 19.7 Å². The van der Waals surface area contributed by atoms with Gasteiger partial charge < -0.3 is 14.8 Å². The highest BCUT2D eigenvalue weighted by Crippen LogP contribution is 2.32. The maximum absolute atomic E-state index is 13.9. The van der Waals surface area contributed by atoms with Gasteiger partial charge in [-0.15, -0.1) is 0 Å². The molecule has 1 saturated carbocycles. The highest BCUT2D eigenvalue weighted by molar-refractivity contribution is 6.09. The summed E-state index contributed by atoms with van der Waals surface area (Å²) in [5.74, 6) is 0.684. The van der Waals surface area contributed by atoms with E-state index in [9.17, 15) is 9.59 Å². The number of carbonyl (C=O) groups is 2. The van der Waals surface area contributed by atoms with Crippen LogP contribution in [0.5, 0.6) is 11.5 Å². The number of methoxy groups -OCH3 is 1. The van der Waals surface area contributed by atoms with Gasteiger partial charge in [-0.05, 0) is 61.7 Å². The van der Waals surface area contributed by atoms with Crippen LogP contribution in [-0.2, 0) is 4.79 Å². The molecule has 0 aliphatic heterocycles. The van der Waals surface area contributed by atoms with E-state index in [1.54, 1.807) is 31.4 Å². The quantitative estimate of drug-likeness (QED) is 0.468. The fourth-order valence-electron chi connectivity index (χ4n) is 4.52. The molecule has 8 nitrogen and oxygen atoms in total. The lowest BCUT2D eigenvalue weighted by molar-refractivity contribution is -0.123. The number of benzene rings is 2. The highest BCUT2D eigenvalue weighted by atomic mass is 16.5. The summed E-state index contributed by atoms with van der Waals surface area (Å²) in [4.78, 5) is 37.5. The molecule has 2 amide bonds. The van der Waals surface area contributed by atoms with E-state index in [-0.39, 0.29) is 17.6 Å². The van der Waals surface area contributed by atoms with Crippen LogP contribution in [0, 0.1) is 0 Å². The molecule has 0 unspecified atom stereocenters. The van der Waals surface area contributed by atoms with Gasteiger partial charge in [-0.2, -0.15) is 0 Å². The van der Waals surface area contributed by atoms with Gasteiger partial charge >= 0.3 is 0 Å². The lowest BCUT2D eigenvalue weighted by Gasteiger charge is -2.33. The zero-order valence-corrected chi connectivity index (χ0v) is 20.7. The van der Waals surface area contributed by atoms with E-state index < -0.39 is 11.9 Å². The first-order valence-corrected chi connectivity index (χ1v) is 12.4. The summed E-state index contributed by atoms with van der Waals surface area (Å²) >= 11 is 0. The Kier molecular flexibility index (Phi) is 8.49. The third kappa shape index (κ3) is 6.00. The molecule has 1 aromatic heterocycles. The van der Waals surface area contributed by atoms with Crippen LogP contribution in [-0.4, -0.2) is 41.5 Å². The standard InChI is InChI=1S/C28H32N4O4/c1-3-36-24-13-9-20(10-14-24)26(27(33)31-21-7-5-4-6-8-21)32(22-11-15-23(35-2)16-12-22)28(34)25-19-29-17-18-30-25/h9-19,21,26H,3-8H2,1-2H3,(H,31,33)/t26-/m1/s1. The predicted octanol–water partition coefficient (Wildman–Crippen LogP) is 4.72. The second kappa shape index (κ2) is 12.2. The topological polar surface area (TPSA) is 93.7 Å². The Hall–Kier alpha value is -3.94. The minimum absolute atomic E-state index is 0.0841. The van der Waals surface area contributed by atoms with Crippen LogP contribution in [0.1, 0.15) is 61.1 Å². The molecule has 0 saturated heterocycles. The first-order chi connectivity index (χ1) is 17.6. The zero-order valence-electron chi connectivity index (χ0n) is 20.7. The summed E-state index contributed by atoms with van der Waals surface area (Å²) in [7, 11) is 1.58. The van der Waals surface area contributed by atoms with Gasteiger partial charge in [-0.3, -0.25) is 19.5 Å². The Bertz CT molecular complexity index is 1130. The number of hydrogen-bond acceptors (Lipinski definition) is 6. The number of carbonyl (C=O) groups excluding carboxylic acids is 2. The maximum atomic E-state index is 13.9. The summed E-state index contributed by atoms with van der Waals surface area (Å²) in [6, 6.07) is 13.5. The predicted molar refractivity (Wildman–Crippen MR) is 137 cm³/mol. The van der Waals surface area contributed by atoms with Crippen molar-refractivity contribution < 1.29 is 19.1 Å². The van der Waals surface area contributed by atoms with Crippen molar-refractivity contribution in [2.75, 3.05) is 18.6 Å². The fourth-order valence-corrected chi connectivity index (χ4v) is 4.52. The van der Waals surface area contributed by atoms with Crippen LogP contribution >= 0.6 is 0 Å².